The maximum atomic E-state index is 11.2. The van der Waals surface area contributed by atoms with Crippen molar-refractivity contribution in [2.45, 2.75) is 39.5 Å². The predicted molar refractivity (Wildman–Crippen MR) is 48.5 cm³/mol. The normalized spacial score (nSPS) is 12.5. The highest BCUT2D eigenvalue weighted by atomic mass is 16.1. The fourth-order valence-electron chi connectivity index (χ4n) is 1.02. The van der Waals surface area contributed by atoms with Gasteiger partial charge in [-0.3, -0.25) is 4.79 Å². The highest BCUT2D eigenvalue weighted by Crippen LogP contribution is 2.10. The summed E-state index contributed by atoms with van der Waals surface area (Å²) >= 11 is 0. The van der Waals surface area contributed by atoms with Crippen LogP contribution < -0.4 is 0 Å². The third-order valence-corrected chi connectivity index (χ3v) is 1.85. The van der Waals surface area contributed by atoms with Crippen molar-refractivity contribution >= 4 is 5.78 Å². The highest BCUT2D eigenvalue weighted by molar-refractivity contribution is 5.80. The molecule has 0 aromatic carbocycles. The van der Waals surface area contributed by atoms with E-state index in [1.54, 1.807) is 0 Å². The Bertz CT molecular complexity index is 127. The SMILES string of the molecule is C=CCCC(C)C(=O)CCC. The lowest BCUT2D eigenvalue weighted by molar-refractivity contribution is -0.122. The summed E-state index contributed by atoms with van der Waals surface area (Å²) in [6, 6.07) is 0. The van der Waals surface area contributed by atoms with Crippen LogP contribution >= 0.6 is 0 Å². The Morgan fingerprint density at radius 3 is 2.73 bits per heavy atom. The molecule has 0 aliphatic rings. The molecule has 11 heavy (non-hydrogen) atoms. The van der Waals surface area contributed by atoms with Gasteiger partial charge in [-0.15, -0.1) is 6.58 Å². The number of rotatable bonds is 6. The number of carbonyl (C=O) groups is 1. The van der Waals surface area contributed by atoms with Crippen molar-refractivity contribution in [3.05, 3.63) is 12.7 Å². The zero-order valence-electron chi connectivity index (χ0n) is 7.60. The minimum absolute atomic E-state index is 0.230. The first-order valence-electron chi connectivity index (χ1n) is 4.36. The number of hydrogen-bond acceptors (Lipinski definition) is 1. The van der Waals surface area contributed by atoms with Crippen LogP contribution in [-0.2, 0) is 4.79 Å². The minimum atomic E-state index is 0.230. The van der Waals surface area contributed by atoms with Crippen LogP contribution in [0.15, 0.2) is 12.7 Å². The second-order valence-corrected chi connectivity index (χ2v) is 2.98. The average molecular weight is 154 g/mol. The van der Waals surface area contributed by atoms with Crippen molar-refractivity contribution in [2.24, 2.45) is 5.92 Å². The first kappa shape index (κ1) is 10.4. The van der Waals surface area contributed by atoms with E-state index in [9.17, 15) is 4.79 Å². The lowest BCUT2D eigenvalue weighted by atomic mass is 9.98. The van der Waals surface area contributed by atoms with Gasteiger partial charge in [0.15, 0.2) is 0 Å². The van der Waals surface area contributed by atoms with Crippen molar-refractivity contribution in [2.75, 3.05) is 0 Å². The summed E-state index contributed by atoms with van der Waals surface area (Å²) in [6.45, 7) is 7.67. The second kappa shape index (κ2) is 6.14. The molecule has 0 rings (SSSR count). The van der Waals surface area contributed by atoms with Gasteiger partial charge >= 0.3 is 0 Å². The maximum absolute atomic E-state index is 11.2. The average Bonchev–Trinajstić information content (AvgIpc) is 2.00. The van der Waals surface area contributed by atoms with E-state index in [-0.39, 0.29) is 5.92 Å². The van der Waals surface area contributed by atoms with E-state index in [0.29, 0.717) is 5.78 Å². The molecule has 0 bridgehead atoms. The predicted octanol–water partition coefficient (Wildman–Crippen LogP) is 2.96. The van der Waals surface area contributed by atoms with Crippen LogP contribution in [0.4, 0.5) is 0 Å². The van der Waals surface area contributed by atoms with E-state index in [1.165, 1.54) is 0 Å². The number of allylic oxidation sites excluding steroid dienone is 1. The Labute approximate surface area is 69.5 Å². The Hall–Kier alpha value is -0.590. The van der Waals surface area contributed by atoms with E-state index >= 15 is 0 Å². The standard InChI is InChI=1S/C10H18O/c1-4-6-8-9(3)10(11)7-5-2/h4,9H,1,5-8H2,2-3H3. The van der Waals surface area contributed by atoms with E-state index in [1.807, 2.05) is 19.9 Å². The molecule has 0 aliphatic heterocycles. The Morgan fingerprint density at radius 2 is 2.27 bits per heavy atom. The molecule has 64 valence electrons. The molecule has 1 unspecified atom stereocenters. The summed E-state index contributed by atoms with van der Waals surface area (Å²) in [5.74, 6) is 0.627. The fraction of sp³-hybridized carbons (Fsp3) is 0.700. The van der Waals surface area contributed by atoms with Gasteiger partial charge in [0, 0.05) is 12.3 Å². The van der Waals surface area contributed by atoms with Crippen LogP contribution in [0, 0.1) is 5.92 Å². The van der Waals surface area contributed by atoms with Gasteiger partial charge in [-0.2, -0.15) is 0 Å². The smallest absolute Gasteiger partial charge is 0.135 e. The number of ketones is 1. The molecule has 0 radical (unpaired) electrons. The van der Waals surface area contributed by atoms with Crippen LogP contribution in [0.1, 0.15) is 39.5 Å². The molecular weight excluding hydrogens is 136 g/mol. The summed E-state index contributed by atoms with van der Waals surface area (Å²) in [6.07, 6.45) is 5.49. The van der Waals surface area contributed by atoms with Gasteiger partial charge in [-0.25, -0.2) is 0 Å². The summed E-state index contributed by atoms with van der Waals surface area (Å²) in [5, 5.41) is 0. The first-order chi connectivity index (χ1) is 5.22. The van der Waals surface area contributed by atoms with Crippen molar-refractivity contribution in [3.63, 3.8) is 0 Å². The van der Waals surface area contributed by atoms with Crippen LogP contribution in [0.25, 0.3) is 0 Å². The van der Waals surface area contributed by atoms with Crippen LogP contribution in [0.2, 0.25) is 0 Å². The molecule has 1 heteroatoms. The second-order valence-electron chi connectivity index (χ2n) is 2.98. The number of hydrogen-bond donors (Lipinski definition) is 0. The van der Waals surface area contributed by atoms with Crippen molar-refractivity contribution in [1.82, 2.24) is 0 Å². The molecule has 0 fully saturated rings. The van der Waals surface area contributed by atoms with Gasteiger partial charge in [0.05, 0.1) is 0 Å². The summed E-state index contributed by atoms with van der Waals surface area (Å²) in [4.78, 5) is 11.2. The van der Waals surface area contributed by atoms with Crippen molar-refractivity contribution in [3.8, 4) is 0 Å². The zero-order valence-corrected chi connectivity index (χ0v) is 7.60. The van der Waals surface area contributed by atoms with E-state index in [0.717, 1.165) is 25.7 Å². The van der Waals surface area contributed by atoms with Crippen LogP contribution in [-0.4, -0.2) is 5.78 Å². The molecule has 0 aliphatic carbocycles. The van der Waals surface area contributed by atoms with Gasteiger partial charge in [0.1, 0.15) is 5.78 Å². The van der Waals surface area contributed by atoms with Gasteiger partial charge in [0.2, 0.25) is 0 Å². The Morgan fingerprint density at radius 1 is 1.64 bits per heavy atom. The van der Waals surface area contributed by atoms with Crippen molar-refractivity contribution < 1.29 is 4.79 Å². The summed E-state index contributed by atoms with van der Waals surface area (Å²) < 4.78 is 0. The Balaban J connectivity index is 3.54. The lowest BCUT2D eigenvalue weighted by Gasteiger charge is -2.06. The third kappa shape index (κ3) is 4.77. The molecule has 0 saturated heterocycles. The number of Topliss-reactive ketones (excluding diaryl/α,β-unsaturated/α-hetero) is 1. The molecule has 1 atom stereocenters. The molecular formula is C10H18O. The van der Waals surface area contributed by atoms with Crippen LogP contribution in [0.5, 0.6) is 0 Å². The maximum Gasteiger partial charge on any atom is 0.135 e. The topological polar surface area (TPSA) is 17.1 Å². The van der Waals surface area contributed by atoms with Crippen LogP contribution in [0.3, 0.4) is 0 Å². The third-order valence-electron chi connectivity index (χ3n) is 1.85. The fourth-order valence-corrected chi connectivity index (χ4v) is 1.02. The van der Waals surface area contributed by atoms with E-state index in [4.69, 9.17) is 0 Å². The molecule has 0 saturated carbocycles. The van der Waals surface area contributed by atoms with Gasteiger partial charge in [0.25, 0.3) is 0 Å². The molecule has 0 amide bonds. The minimum Gasteiger partial charge on any atom is -0.299 e. The van der Waals surface area contributed by atoms with Gasteiger partial charge in [-0.05, 0) is 19.3 Å². The van der Waals surface area contributed by atoms with E-state index in [2.05, 4.69) is 6.58 Å². The molecule has 0 aromatic rings. The summed E-state index contributed by atoms with van der Waals surface area (Å²) in [5.41, 5.74) is 0. The molecule has 0 heterocycles. The quantitative estimate of drug-likeness (QED) is 0.537. The molecule has 0 N–H and O–H groups in total. The van der Waals surface area contributed by atoms with Crippen molar-refractivity contribution in [1.29, 1.82) is 0 Å². The number of carbonyl (C=O) groups excluding carboxylic acids is 1. The van der Waals surface area contributed by atoms with E-state index < -0.39 is 0 Å². The Kier molecular flexibility index (Phi) is 5.81. The highest BCUT2D eigenvalue weighted by Gasteiger charge is 2.09. The monoisotopic (exact) mass is 154 g/mol. The largest absolute Gasteiger partial charge is 0.299 e. The van der Waals surface area contributed by atoms with Gasteiger partial charge in [-0.1, -0.05) is 19.9 Å². The van der Waals surface area contributed by atoms with Gasteiger partial charge < -0.3 is 0 Å². The molecule has 1 nitrogen and oxygen atoms in total. The molecule has 0 spiro atoms. The first-order valence-corrected chi connectivity index (χ1v) is 4.36. The zero-order chi connectivity index (χ0) is 8.69. The lowest BCUT2D eigenvalue weighted by Crippen LogP contribution is -2.09. The summed E-state index contributed by atoms with van der Waals surface area (Å²) in [7, 11) is 0. The molecule has 0 aromatic heterocycles.